The van der Waals surface area contributed by atoms with E-state index < -0.39 is 15.6 Å². The molecule has 0 aromatic carbocycles. The minimum absolute atomic E-state index is 0. The summed E-state index contributed by atoms with van der Waals surface area (Å²) >= 11 is 0. The Bertz CT molecular complexity index is 345. The van der Waals surface area contributed by atoms with Gasteiger partial charge in [-0.15, -0.1) is 12.4 Å². The molecule has 7 heteroatoms. The molecule has 1 amide bonds. The fourth-order valence-electron chi connectivity index (χ4n) is 1.79. The zero-order valence-electron chi connectivity index (χ0n) is 10.2. The van der Waals surface area contributed by atoms with E-state index in [1.807, 2.05) is 6.92 Å². The molecule has 1 heterocycles. The van der Waals surface area contributed by atoms with Gasteiger partial charge < -0.3 is 10.6 Å². The topological polar surface area (TPSA) is 75.3 Å². The average molecular weight is 285 g/mol. The van der Waals surface area contributed by atoms with Gasteiger partial charge in [0.05, 0.1) is 0 Å². The Hall–Kier alpha value is -0.330. The molecule has 0 bridgehead atoms. The molecule has 1 aliphatic heterocycles. The number of halogens is 1. The number of carbonyl (C=O) groups excluding carboxylic acids is 1. The summed E-state index contributed by atoms with van der Waals surface area (Å²) in [6.07, 6.45) is 1.92. The van der Waals surface area contributed by atoms with Crippen LogP contribution >= 0.6 is 12.4 Å². The largest absolute Gasteiger partial charge is 0.351 e. The van der Waals surface area contributed by atoms with Gasteiger partial charge in [0.2, 0.25) is 5.91 Å². The molecule has 1 saturated heterocycles. The molecular weight excluding hydrogens is 264 g/mol. The Kier molecular flexibility index (Phi) is 7.04. The number of piperidine rings is 1. The number of hydrogen-bond donors (Lipinski definition) is 2. The van der Waals surface area contributed by atoms with E-state index in [0.717, 1.165) is 19.4 Å². The Morgan fingerprint density at radius 2 is 2.12 bits per heavy atom. The van der Waals surface area contributed by atoms with Crippen molar-refractivity contribution >= 4 is 28.2 Å². The minimum atomic E-state index is -3.22. The number of hydrogen-bond acceptors (Lipinski definition) is 4. The van der Waals surface area contributed by atoms with Crippen LogP contribution in [0.2, 0.25) is 0 Å². The van der Waals surface area contributed by atoms with Crippen LogP contribution < -0.4 is 10.6 Å². The molecule has 17 heavy (non-hydrogen) atoms. The van der Waals surface area contributed by atoms with Gasteiger partial charge in [0, 0.05) is 17.8 Å². The molecule has 5 nitrogen and oxygen atoms in total. The Labute approximate surface area is 109 Å². The van der Waals surface area contributed by atoms with Crippen LogP contribution in [0.25, 0.3) is 0 Å². The molecule has 102 valence electrons. The minimum Gasteiger partial charge on any atom is -0.351 e. The van der Waals surface area contributed by atoms with Gasteiger partial charge >= 0.3 is 0 Å². The monoisotopic (exact) mass is 284 g/mol. The molecule has 2 atom stereocenters. The first-order valence-corrected chi connectivity index (χ1v) is 7.50. The van der Waals surface area contributed by atoms with E-state index in [0.29, 0.717) is 0 Å². The Morgan fingerprint density at radius 1 is 1.47 bits per heavy atom. The molecule has 0 spiro atoms. The van der Waals surface area contributed by atoms with Crippen LogP contribution in [0, 0.1) is 0 Å². The van der Waals surface area contributed by atoms with Crippen molar-refractivity contribution in [1.82, 2.24) is 10.6 Å². The van der Waals surface area contributed by atoms with E-state index in [4.69, 9.17) is 0 Å². The first-order valence-electron chi connectivity index (χ1n) is 5.68. The van der Waals surface area contributed by atoms with Gasteiger partial charge in [-0.2, -0.15) is 0 Å². The number of rotatable bonds is 4. The lowest BCUT2D eigenvalue weighted by molar-refractivity contribution is -0.119. The average Bonchev–Trinajstić information content (AvgIpc) is 2.21. The highest BCUT2D eigenvalue weighted by atomic mass is 35.5. The first kappa shape index (κ1) is 16.7. The summed E-state index contributed by atoms with van der Waals surface area (Å²) in [5.41, 5.74) is 0. The van der Waals surface area contributed by atoms with Crippen LogP contribution in [0.3, 0.4) is 0 Å². The maximum atomic E-state index is 11.5. The van der Waals surface area contributed by atoms with Crippen molar-refractivity contribution in [2.24, 2.45) is 0 Å². The summed E-state index contributed by atoms with van der Waals surface area (Å²) in [6.45, 7) is 4.51. The second-order valence-electron chi connectivity index (χ2n) is 4.24. The fraction of sp³-hybridized carbons (Fsp3) is 0.900. The van der Waals surface area contributed by atoms with Gasteiger partial charge in [-0.1, -0.05) is 6.92 Å². The van der Waals surface area contributed by atoms with Gasteiger partial charge in [0.15, 0.2) is 9.84 Å². The van der Waals surface area contributed by atoms with Crippen LogP contribution in [0.4, 0.5) is 0 Å². The van der Waals surface area contributed by atoms with Gasteiger partial charge in [-0.3, -0.25) is 4.79 Å². The predicted octanol–water partition coefficient (Wildman–Crippen LogP) is 0.0996. The smallest absolute Gasteiger partial charge is 0.235 e. The van der Waals surface area contributed by atoms with Crippen molar-refractivity contribution in [3.63, 3.8) is 0 Å². The number of carbonyl (C=O) groups is 1. The summed E-state index contributed by atoms with van der Waals surface area (Å²) in [5, 5.41) is 6.03. The lowest BCUT2D eigenvalue weighted by Gasteiger charge is -2.30. The van der Waals surface area contributed by atoms with E-state index in [9.17, 15) is 13.2 Å². The third-order valence-electron chi connectivity index (χ3n) is 2.90. The van der Waals surface area contributed by atoms with Crippen molar-refractivity contribution in [2.75, 3.05) is 18.1 Å². The maximum absolute atomic E-state index is 11.5. The molecule has 0 radical (unpaired) electrons. The van der Waals surface area contributed by atoms with E-state index in [1.54, 1.807) is 6.92 Å². The summed E-state index contributed by atoms with van der Waals surface area (Å²) in [5.74, 6) is -0.770. The molecule has 2 unspecified atom stereocenters. The normalized spacial score (nSPS) is 24.8. The molecule has 0 aromatic heterocycles. The highest BCUT2D eigenvalue weighted by molar-refractivity contribution is 7.92. The molecule has 0 aromatic rings. The van der Waals surface area contributed by atoms with Crippen LogP contribution in [0.5, 0.6) is 0 Å². The third-order valence-corrected chi connectivity index (χ3v) is 4.48. The van der Waals surface area contributed by atoms with Crippen molar-refractivity contribution in [1.29, 1.82) is 0 Å². The zero-order valence-corrected chi connectivity index (χ0v) is 11.9. The van der Waals surface area contributed by atoms with Gasteiger partial charge in [-0.05, 0) is 26.3 Å². The van der Waals surface area contributed by atoms with E-state index >= 15 is 0 Å². The number of sulfone groups is 1. The Morgan fingerprint density at radius 3 is 2.65 bits per heavy atom. The third kappa shape index (κ3) is 5.70. The molecule has 0 aliphatic carbocycles. The number of amides is 1. The predicted molar refractivity (Wildman–Crippen MR) is 70.2 cm³/mol. The van der Waals surface area contributed by atoms with Crippen molar-refractivity contribution < 1.29 is 13.2 Å². The van der Waals surface area contributed by atoms with Crippen LogP contribution in [-0.4, -0.2) is 44.5 Å². The van der Waals surface area contributed by atoms with Gasteiger partial charge in [-0.25, -0.2) is 8.42 Å². The maximum Gasteiger partial charge on any atom is 0.235 e. The van der Waals surface area contributed by atoms with Crippen LogP contribution in [0.15, 0.2) is 0 Å². The van der Waals surface area contributed by atoms with Crippen LogP contribution in [0.1, 0.15) is 26.7 Å². The van der Waals surface area contributed by atoms with E-state index in [2.05, 4.69) is 10.6 Å². The van der Waals surface area contributed by atoms with E-state index in [-0.39, 0.29) is 36.2 Å². The van der Waals surface area contributed by atoms with Crippen LogP contribution in [-0.2, 0) is 14.6 Å². The van der Waals surface area contributed by atoms with Crippen molar-refractivity contribution in [3.8, 4) is 0 Å². The van der Waals surface area contributed by atoms with Gasteiger partial charge in [0.1, 0.15) is 5.75 Å². The second-order valence-corrected chi connectivity index (χ2v) is 6.59. The summed E-state index contributed by atoms with van der Waals surface area (Å²) in [7, 11) is -3.22. The highest BCUT2D eigenvalue weighted by Gasteiger charge is 2.24. The van der Waals surface area contributed by atoms with Crippen molar-refractivity contribution in [2.45, 2.75) is 38.8 Å². The molecule has 1 fully saturated rings. The lowest BCUT2D eigenvalue weighted by atomic mass is 10.00. The second kappa shape index (κ2) is 7.18. The summed E-state index contributed by atoms with van der Waals surface area (Å²) < 4.78 is 22.5. The molecule has 2 N–H and O–H groups in total. The summed E-state index contributed by atoms with van der Waals surface area (Å²) in [6, 6.07) is 0.260. The number of nitrogens with one attached hydrogen (secondary N) is 2. The standard InChI is InChI=1S/C10H20N2O3S.ClH/c1-3-16(14,15)7-10(13)12-9-5-4-6-11-8(9)2;/h8-9,11H,3-7H2,1-2H3,(H,12,13);1H. The quantitative estimate of drug-likeness (QED) is 0.768. The molecule has 1 rings (SSSR count). The lowest BCUT2D eigenvalue weighted by Crippen LogP contribution is -2.52. The van der Waals surface area contributed by atoms with E-state index in [1.165, 1.54) is 0 Å². The SMILES string of the molecule is CCS(=O)(=O)CC(=O)NC1CCCNC1C.Cl. The van der Waals surface area contributed by atoms with Crippen molar-refractivity contribution in [3.05, 3.63) is 0 Å². The Balaban J connectivity index is 0.00000256. The summed E-state index contributed by atoms with van der Waals surface area (Å²) in [4.78, 5) is 11.5. The zero-order chi connectivity index (χ0) is 12.2. The highest BCUT2D eigenvalue weighted by Crippen LogP contribution is 2.08. The molecule has 0 saturated carbocycles. The van der Waals surface area contributed by atoms with Gasteiger partial charge in [0.25, 0.3) is 0 Å². The molecular formula is C10H21ClN2O3S. The first-order chi connectivity index (χ1) is 7.44. The molecule has 1 aliphatic rings. The fourth-order valence-corrected chi connectivity index (χ4v) is 2.48.